The third-order valence-corrected chi connectivity index (χ3v) is 4.13. The minimum absolute atomic E-state index is 0.0113. The van der Waals surface area contributed by atoms with Gasteiger partial charge in [-0.15, -0.1) is 0 Å². The fourth-order valence-corrected chi connectivity index (χ4v) is 2.79. The Morgan fingerprint density at radius 3 is 2.68 bits per heavy atom. The summed E-state index contributed by atoms with van der Waals surface area (Å²) in [5, 5.41) is 2.89. The number of nitrogens with zero attached hydrogens (tertiary/aromatic N) is 1. The minimum Gasteiger partial charge on any atom is -0.337 e. The molecule has 0 radical (unpaired) electrons. The van der Waals surface area contributed by atoms with Gasteiger partial charge in [0.25, 0.3) is 0 Å². The molecule has 0 saturated carbocycles. The Kier molecular flexibility index (Phi) is 2.37. The maximum Gasteiger partial charge on any atom is 0.248 e. The van der Waals surface area contributed by atoms with Crippen LogP contribution in [0.15, 0.2) is 35.1 Å². The Labute approximate surface area is 125 Å². The highest BCUT2D eigenvalue weighted by molar-refractivity contribution is 6.07. The third-order valence-electron chi connectivity index (χ3n) is 4.13. The van der Waals surface area contributed by atoms with Crippen molar-refractivity contribution in [2.45, 2.75) is 19.3 Å². The summed E-state index contributed by atoms with van der Waals surface area (Å²) in [7, 11) is 0. The van der Waals surface area contributed by atoms with E-state index < -0.39 is 5.41 Å². The predicted octanol–water partition coefficient (Wildman–Crippen LogP) is 2.15. The number of carbonyl (C=O) groups excluding carboxylic acids is 1. The molecule has 2 aromatic heterocycles. The van der Waals surface area contributed by atoms with Crippen LogP contribution in [-0.2, 0) is 10.2 Å². The Balaban J connectivity index is 1.91. The van der Waals surface area contributed by atoms with Crippen molar-refractivity contribution in [2.75, 3.05) is 5.32 Å². The lowest BCUT2D eigenvalue weighted by Gasteiger charge is -2.14. The van der Waals surface area contributed by atoms with Gasteiger partial charge in [0, 0.05) is 11.8 Å². The molecule has 0 atom stereocenters. The molecule has 1 aliphatic heterocycles. The highest BCUT2D eigenvalue weighted by Gasteiger charge is 2.38. The van der Waals surface area contributed by atoms with E-state index in [0.717, 1.165) is 22.3 Å². The van der Waals surface area contributed by atoms with Crippen LogP contribution < -0.4 is 10.9 Å². The molecule has 110 valence electrons. The maximum absolute atomic E-state index is 12.0. The van der Waals surface area contributed by atoms with Crippen molar-refractivity contribution in [2.24, 2.45) is 0 Å². The zero-order chi connectivity index (χ0) is 15.5. The van der Waals surface area contributed by atoms with E-state index in [0.29, 0.717) is 11.5 Å². The van der Waals surface area contributed by atoms with Gasteiger partial charge in [0.05, 0.1) is 22.1 Å². The molecular weight excluding hydrogens is 280 g/mol. The van der Waals surface area contributed by atoms with Gasteiger partial charge in [0.1, 0.15) is 0 Å². The van der Waals surface area contributed by atoms with E-state index in [2.05, 4.69) is 20.3 Å². The number of fused-ring (bicyclic) bond motifs is 2. The van der Waals surface area contributed by atoms with Gasteiger partial charge in [0.2, 0.25) is 11.5 Å². The van der Waals surface area contributed by atoms with E-state index in [-0.39, 0.29) is 11.5 Å². The first-order valence-electron chi connectivity index (χ1n) is 7.00. The molecule has 1 aromatic carbocycles. The Morgan fingerprint density at radius 1 is 1.09 bits per heavy atom. The number of H-pyrrole nitrogens is 2. The van der Waals surface area contributed by atoms with Gasteiger partial charge < -0.3 is 15.3 Å². The molecule has 0 fully saturated rings. The fraction of sp³-hybridized carbons (Fsp3) is 0.188. The number of hydrogen-bond acceptors (Lipinski definition) is 3. The summed E-state index contributed by atoms with van der Waals surface area (Å²) in [6.45, 7) is 3.79. The molecular formula is C16H14N4O2. The average molecular weight is 294 g/mol. The number of aromatic nitrogens is 3. The van der Waals surface area contributed by atoms with E-state index in [1.54, 1.807) is 12.1 Å². The molecule has 0 saturated heterocycles. The Bertz CT molecular complexity index is 981. The SMILES string of the molecule is CC1(C)C(=O)Nc2cc3nc(-c4cccc(=O)[nH]4)[nH]c3cc21. The van der Waals surface area contributed by atoms with Crippen LogP contribution in [0.25, 0.3) is 22.6 Å². The third kappa shape index (κ3) is 1.70. The predicted molar refractivity (Wildman–Crippen MR) is 83.8 cm³/mol. The quantitative estimate of drug-likeness (QED) is 0.642. The van der Waals surface area contributed by atoms with Crippen molar-refractivity contribution >= 4 is 22.6 Å². The number of carbonyl (C=O) groups is 1. The van der Waals surface area contributed by atoms with Crippen molar-refractivity contribution in [3.8, 4) is 11.5 Å². The molecule has 6 heteroatoms. The number of aromatic amines is 2. The van der Waals surface area contributed by atoms with Crippen molar-refractivity contribution < 1.29 is 4.79 Å². The van der Waals surface area contributed by atoms with Crippen LogP contribution in [0, 0.1) is 0 Å². The largest absolute Gasteiger partial charge is 0.337 e. The van der Waals surface area contributed by atoms with Crippen molar-refractivity contribution in [3.63, 3.8) is 0 Å². The van der Waals surface area contributed by atoms with Crippen LogP contribution >= 0.6 is 0 Å². The number of benzene rings is 1. The molecule has 0 unspecified atom stereocenters. The monoisotopic (exact) mass is 294 g/mol. The number of imidazole rings is 1. The lowest BCUT2D eigenvalue weighted by Crippen LogP contribution is -2.26. The zero-order valence-corrected chi connectivity index (χ0v) is 12.2. The van der Waals surface area contributed by atoms with Crippen LogP contribution in [-0.4, -0.2) is 20.9 Å². The highest BCUT2D eigenvalue weighted by atomic mass is 16.2. The van der Waals surface area contributed by atoms with Crippen LogP contribution in [0.4, 0.5) is 5.69 Å². The molecule has 0 spiro atoms. The Hall–Kier alpha value is -2.89. The first-order valence-corrected chi connectivity index (χ1v) is 7.00. The van der Waals surface area contributed by atoms with E-state index >= 15 is 0 Å². The summed E-state index contributed by atoms with van der Waals surface area (Å²) in [6.07, 6.45) is 0. The highest BCUT2D eigenvalue weighted by Crippen LogP contribution is 2.39. The van der Waals surface area contributed by atoms with Crippen LogP contribution in [0.3, 0.4) is 0 Å². The fourth-order valence-electron chi connectivity index (χ4n) is 2.79. The number of amides is 1. The lowest BCUT2D eigenvalue weighted by molar-refractivity contribution is -0.119. The van der Waals surface area contributed by atoms with E-state index in [1.807, 2.05) is 26.0 Å². The van der Waals surface area contributed by atoms with Crippen LogP contribution in [0.2, 0.25) is 0 Å². The van der Waals surface area contributed by atoms with Crippen molar-refractivity contribution in [3.05, 3.63) is 46.2 Å². The van der Waals surface area contributed by atoms with Gasteiger partial charge >= 0.3 is 0 Å². The number of pyridine rings is 1. The van der Waals surface area contributed by atoms with Gasteiger partial charge in [-0.1, -0.05) is 6.07 Å². The second-order valence-corrected chi connectivity index (χ2v) is 6.01. The number of hydrogen-bond donors (Lipinski definition) is 3. The number of nitrogens with one attached hydrogen (secondary N) is 3. The number of rotatable bonds is 1. The van der Waals surface area contributed by atoms with Gasteiger partial charge in [-0.25, -0.2) is 4.98 Å². The molecule has 4 rings (SSSR count). The second kappa shape index (κ2) is 4.07. The summed E-state index contributed by atoms with van der Waals surface area (Å²) in [4.78, 5) is 33.9. The average Bonchev–Trinajstić information content (AvgIpc) is 2.97. The van der Waals surface area contributed by atoms with Crippen LogP contribution in [0.1, 0.15) is 19.4 Å². The number of anilines is 1. The Morgan fingerprint density at radius 2 is 1.91 bits per heavy atom. The summed E-state index contributed by atoms with van der Waals surface area (Å²) < 4.78 is 0. The van der Waals surface area contributed by atoms with Crippen LogP contribution in [0.5, 0.6) is 0 Å². The molecule has 22 heavy (non-hydrogen) atoms. The zero-order valence-electron chi connectivity index (χ0n) is 12.2. The normalized spacial score (nSPS) is 15.8. The summed E-state index contributed by atoms with van der Waals surface area (Å²) >= 11 is 0. The van der Waals surface area contributed by atoms with Gasteiger partial charge in [-0.3, -0.25) is 9.59 Å². The van der Waals surface area contributed by atoms with E-state index in [1.165, 1.54) is 6.07 Å². The summed E-state index contributed by atoms with van der Waals surface area (Å²) in [5.74, 6) is 0.586. The topological polar surface area (TPSA) is 90.6 Å². The van der Waals surface area contributed by atoms with Gasteiger partial charge in [0.15, 0.2) is 5.82 Å². The molecule has 0 aliphatic carbocycles. The van der Waals surface area contributed by atoms with E-state index in [4.69, 9.17) is 0 Å². The van der Waals surface area contributed by atoms with Gasteiger partial charge in [-0.2, -0.15) is 0 Å². The van der Waals surface area contributed by atoms with Crippen molar-refractivity contribution in [1.29, 1.82) is 0 Å². The smallest absolute Gasteiger partial charge is 0.248 e. The second-order valence-electron chi connectivity index (χ2n) is 6.01. The minimum atomic E-state index is -0.560. The maximum atomic E-state index is 12.0. The van der Waals surface area contributed by atoms with Gasteiger partial charge in [-0.05, 0) is 37.6 Å². The standard InChI is InChI=1S/C16H14N4O2/c1-16(2)8-6-11-12(7-10(8)20-15(16)22)19-14(18-11)9-4-3-5-13(21)17-9/h3-7H,1-2H3,(H,17,21)(H,18,19)(H,20,22). The summed E-state index contributed by atoms with van der Waals surface area (Å²) in [6, 6.07) is 8.74. The van der Waals surface area contributed by atoms with E-state index in [9.17, 15) is 9.59 Å². The first kappa shape index (κ1) is 12.8. The molecule has 1 aliphatic rings. The summed E-state index contributed by atoms with van der Waals surface area (Å²) in [5.41, 5.74) is 3.22. The lowest BCUT2D eigenvalue weighted by atomic mass is 9.86. The molecule has 3 N–H and O–H groups in total. The molecule has 1 amide bonds. The molecule has 6 nitrogen and oxygen atoms in total. The molecule has 3 aromatic rings. The first-order chi connectivity index (χ1) is 10.4. The molecule has 0 bridgehead atoms. The van der Waals surface area contributed by atoms with Crippen molar-refractivity contribution in [1.82, 2.24) is 15.0 Å². The molecule has 3 heterocycles.